The Hall–Kier alpha value is -2.51. The lowest BCUT2D eigenvalue weighted by Crippen LogP contribution is -2.37. The van der Waals surface area contributed by atoms with Crippen molar-refractivity contribution in [3.8, 4) is 11.4 Å². The van der Waals surface area contributed by atoms with Crippen molar-refractivity contribution in [3.05, 3.63) is 64.0 Å². The number of nitrogens with zero attached hydrogens (tertiary/aromatic N) is 3. The molecule has 33 heavy (non-hydrogen) atoms. The van der Waals surface area contributed by atoms with Gasteiger partial charge in [-0.25, -0.2) is 0 Å². The Morgan fingerprint density at radius 2 is 1.85 bits per heavy atom. The molecule has 0 spiro atoms. The van der Waals surface area contributed by atoms with Gasteiger partial charge in [0.1, 0.15) is 0 Å². The molecule has 2 heterocycles. The summed E-state index contributed by atoms with van der Waals surface area (Å²) in [6, 6.07) is 14.2. The molecule has 0 radical (unpaired) electrons. The van der Waals surface area contributed by atoms with Gasteiger partial charge in [0.15, 0.2) is 0 Å². The average molecular weight is 511 g/mol. The van der Waals surface area contributed by atoms with E-state index in [4.69, 9.17) is 4.52 Å². The summed E-state index contributed by atoms with van der Waals surface area (Å²) >= 11 is 3.49. The van der Waals surface area contributed by atoms with Gasteiger partial charge in [0.2, 0.25) is 17.6 Å². The SMILES string of the molecule is Cc1cc(NC(=O)C2CCN(Cc3nc(-c4ccc(C(C)(C)C)cc4)no3)CC2)ccc1Br. The zero-order valence-corrected chi connectivity index (χ0v) is 21.3. The summed E-state index contributed by atoms with van der Waals surface area (Å²) in [6.07, 6.45) is 1.63. The molecule has 6 nitrogen and oxygen atoms in total. The maximum Gasteiger partial charge on any atom is 0.241 e. The van der Waals surface area contributed by atoms with Crippen LogP contribution >= 0.6 is 15.9 Å². The number of rotatable bonds is 5. The molecule has 0 atom stereocenters. The molecule has 4 rings (SSSR count). The minimum absolute atomic E-state index is 0.0183. The van der Waals surface area contributed by atoms with Gasteiger partial charge in [-0.05, 0) is 67.6 Å². The number of nitrogens with one attached hydrogen (secondary N) is 1. The monoisotopic (exact) mass is 510 g/mol. The molecule has 0 saturated carbocycles. The van der Waals surface area contributed by atoms with Gasteiger partial charge in [0, 0.05) is 21.6 Å². The first-order valence-electron chi connectivity index (χ1n) is 11.4. The van der Waals surface area contributed by atoms with Crippen LogP contribution in [-0.4, -0.2) is 34.0 Å². The van der Waals surface area contributed by atoms with E-state index in [0.29, 0.717) is 18.3 Å². The molecule has 1 saturated heterocycles. The molecule has 1 aliphatic rings. The van der Waals surface area contributed by atoms with Crippen LogP contribution in [0.1, 0.15) is 50.6 Å². The lowest BCUT2D eigenvalue weighted by molar-refractivity contribution is -0.121. The fraction of sp³-hybridized carbons (Fsp3) is 0.423. The number of aromatic nitrogens is 2. The molecule has 7 heteroatoms. The molecule has 174 valence electrons. The molecule has 1 N–H and O–H groups in total. The topological polar surface area (TPSA) is 71.3 Å². The number of hydrogen-bond donors (Lipinski definition) is 1. The number of carbonyl (C=O) groups is 1. The Morgan fingerprint density at radius 3 is 2.48 bits per heavy atom. The second-order valence-electron chi connectivity index (χ2n) is 9.84. The third-order valence-corrected chi connectivity index (χ3v) is 7.11. The van der Waals surface area contributed by atoms with Crippen molar-refractivity contribution in [1.29, 1.82) is 0 Å². The summed E-state index contributed by atoms with van der Waals surface area (Å²) in [5, 5.41) is 7.23. The summed E-state index contributed by atoms with van der Waals surface area (Å²) < 4.78 is 6.55. The Balaban J connectivity index is 1.29. The first kappa shape index (κ1) is 23.6. The summed E-state index contributed by atoms with van der Waals surface area (Å²) in [4.78, 5) is 19.6. The minimum atomic E-state index is 0.0183. The second kappa shape index (κ2) is 9.77. The molecule has 0 bridgehead atoms. The molecular weight excluding hydrogens is 480 g/mol. The third kappa shape index (κ3) is 5.89. The van der Waals surface area contributed by atoms with Crippen molar-refractivity contribution in [1.82, 2.24) is 15.0 Å². The van der Waals surface area contributed by atoms with E-state index >= 15 is 0 Å². The van der Waals surface area contributed by atoms with Crippen LogP contribution < -0.4 is 5.32 Å². The summed E-state index contributed by atoms with van der Waals surface area (Å²) in [6.45, 7) is 10.9. The number of halogens is 1. The highest BCUT2D eigenvalue weighted by molar-refractivity contribution is 9.10. The smallest absolute Gasteiger partial charge is 0.241 e. The van der Waals surface area contributed by atoms with Gasteiger partial charge in [0.05, 0.1) is 6.54 Å². The van der Waals surface area contributed by atoms with Crippen molar-refractivity contribution >= 4 is 27.5 Å². The number of anilines is 1. The van der Waals surface area contributed by atoms with Crippen LogP contribution in [0.4, 0.5) is 5.69 Å². The van der Waals surface area contributed by atoms with Crippen LogP contribution in [-0.2, 0) is 16.8 Å². The molecule has 0 unspecified atom stereocenters. The third-order valence-electron chi connectivity index (χ3n) is 6.22. The van der Waals surface area contributed by atoms with E-state index in [2.05, 4.69) is 69.2 Å². The van der Waals surface area contributed by atoms with Gasteiger partial charge in [0.25, 0.3) is 0 Å². The van der Waals surface area contributed by atoms with Crippen LogP contribution in [0.2, 0.25) is 0 Å². The standard InChI is InChI=1S/C26H31BrN4O2/c1-17-15-21(9-10-22(17)27)28-25(32)19-11-13-31(14-12-19)16-23-29-24(30-33-23)18-5-7-20(8-6-18)26(2,3)4/h5-10,15,19H,11-14,16H2,1-4H3,(H,28,32). The Kier molecular flexibility index (Phi) is 7.00. The molecule has 0 aliphatic carbocycles. The maximum atomic E-state index is 12.7. The predicted octanol–water partition coefficient (Wildman–Crippen LogP) is 5.96. The number of hydrogen-bond acceptors (Lipinski definition) is 5. The van der Waals surface area contributed by atoms with E-state index in [1.165, 1.54) is 5.56 Å². The molecule has 1 fully saturated rings. The van der Waals surface area contributed by atoms with Crippen LogP contribution in [0.15, 0.2) is 51.5 Å². The lowest BCUT2D eigenvalue weighted by atomic mass is 9.87. The Morgan fingerprint density at radius 1 is 1.15 bits per heavy atom. The van der Waals surface area contributed by atoms with E-state index in [0.717, 1.165) is 47.2 Å². The van der Waals surface area contributed by atoms with E-state index in [9.17, 15) is 4.79 Å². The largest absolute Gasteiger partial charge is 0.338 e. The molecule has 1 aromatic heterocycles. The number of carbonyl (C=O) groups excluding carboxylic acids is 1. The van der Waals surface area contributed by atoms with Crippen molar-refractivity contribution in [3.63, 3.8) is 0 Å². The van der Waals surface area contributed by atoms with Crippen molar-refractivity contribution < 1.29 is 9.32 Å². The highest BCUT2D eigenvalue weighted by Gasteiger charge is 2.26. The van der Waals surface area contributed by atoms with Crippen molar-refractivity contribution in [2.24, 2.45) is 5.92 Å². The van der Waals surface area contributed by atoms with Gasteiger partial charge >= 0.3 is 0 Å². The molecule has 3 aromatic rings. The number of piperidine rings is 1. The second-order valence-corrected chi connectivity index (χ2v) is 10.7. The Labute approximate surface area is 203 Å². The highest BCUT2D eigenvalue weighted by Crippen LogP contribution is 2.26. The van der Waals surface area contributed by atoms with Crippen LogP contribution in [0, 0.1) is 12.8 Å². The van der Waals surface area contributed by atoms with Gasteiger partial charge < -0.3 is 9.84 Å². The highest BCUT2D eigenvalue weighted by atomic mass is 79.9. The summed E-state index contributed by atoms with van der Waals surface area (Å²) in [5.41, 5.74) is 4.29. The fourth-order valence-corrected chi connectivity index (χ4v) is 4.31. The lowest BCUT2D eigenvalue weighted by Gasteiger charge is -2.30. The predicted molar refractivity (Wildman–Crippen MR) is 134 cm³/mol. The minimum Gasteiger partial charge on any atom is -0.338 e. The van der Waals surface area contributed by atoms with Gasteiger partial charge in [-0.15, -0.1) is 0 Å². The summed E-state index contributed by atoms with van der Waals surface area (Å²) in [7, 11) is 0. The van der Waals surface area contributed by atoms with E-state index in [-0.39, 0.29) is 17.2 Å². The fourth-order valence-electron chi connectivity index (χ4n) is 4.07. The van der Waals surface area contributed by atoms with Crippen molar-refractivity contribution in [2.45, 2.75) is 52.5 Å². The zero-order chi connectivity index (χ0) is 23.6. The zero-order valence-electron chi connectivity index (χ0n) is 19.7. The van der Waals surface area contributed by atoms with E-state index < -0.39 is 0 Å². The first-order valence-corrected chi connectivity index (χ1v) is 12.2. The van der Waals surface area contributed by atoms with E-state index in [1.54, 1.807) is 0 Å². The van der Waals surface area contributed by atoms with Gasteiger partial charge in [-0.1, -0.05) is 66.1 Å². The molecular formula is C26H31BrN4O2. The molecule has 1 amide bonds. The van der Waals surface area contributed by atoms with Gasteiger partial charge in [-0.3, -0.25) is 9.69 Å². The molecule has 2 aromatic carbocycles. The summed E-state index contributed by atoms with van der Waals surface area (Å²) in [5.74, 6) is 1.34. The first-order chi connectivity index (χ1) is 15.7. The number of aryl methyl sites for hydroxylation is 1. The van der Waals surface area contributed by atoms with Crippen LogP contribution in [0.5, 0.6) is 0 Å². The normalized spacial score (nSPS) is 15.5. The quantitative estimate of drug-likeness (QED) is 0.458. The molecule has 1 aliphatic heterocycles. The number of amides is 1. The van der Waals surface area contributed by atoms with Crippen LogP contribution in [0.3, 0.4) is 0 Å². The van der Waals surface area contributed by atoms with Gasteiger partial charge in [-0.2, -0.15) is 4.98 Å². The Bertz CT molecular complexity index is 1110. The van der Waals surface area contributed by atoms with Crippen molar-refractivity contribution in [2.75, 3.05) is 18.4 Å². The number of likely N-dealkylation sites (tertiary alicyclic amines) is 1. The van der Waals surface area contributed by atoms with Crippen LogP contribution in [0.25, 0.3) is 11.4 Å². The number of benzene rings is 2. The average Bonchev–Trinajstić information content (AvgIpc) is 3.25. The van der Waals surface area contributed by atoms with E-state index in [1.807, 2.05) is 37.3 Å². The maximum absolute atomic E-state index is 12.7.